The third-order valence-corrected chi connectivity index (χ3v) is 3.38. The zero-order valence-corrected chi connectivity index (χ0v) is 10.3. The van der Waals surface area contributed by atoms with Crippen LogP contribution in [0.3, 0.4) is 0 Å². The van der Waals surface area contributed by atoms with Gasteiger partial charge in [0.05, 0.1) is 6.20 Å². The van der Waals surface area contributed by atoms with Gasteiger partial charge in [-0.25, -0.2) is 0 Å². The minimum Gasteiger partial charge on any atom is -0.313 e. The van der Waals surface area contributed by atoms with Crippen molar-refractivity contribution in [1.29, 1.82) is 0 Å². The molecule has 2 rings (SSSR count). The molecule has 0 bridgehead atoms. The van der Waals surface area contributed by atoms with Crippen molar-refractivity contribution in [3.05, 3.63) is 39.8 Å². The summed E-state index contributed by atoms with van der Waals surface area (Å²) in [5.74, 6) is 0. The monoisotopic (exact) mass is 235 g/mol. The highest BCUT2D eigenvalue weighted by Gasteiger charge is 1.99. The molecule has 2 N–H and O–H groups in total. The van der Waals surface area contributed by atoms with Gasteiger partial charge < -0.3 is 5.32 Å². The van der Waals surface area contributed by atoms with Crippen LogP contribution in [0, 0.1) is 6.92 Å². The van der Waals surface area contributed by atoms with Gasteiger partial charge in [-0.1, -0.05) is 0 Å². The molecular weight excluding hydrogens is 218 g/mol. The van der Waals surface area contributed by atoms with Gasteiger partial charge in [-0.05, 0) is 54.3 Å². The average Bonchev–Trinajstić information content (AvgIpc) is 2.90. The second-order valence-electron chi connectivity index (χ2n) is 3.93. The summed E-state index contributed by atoms with van der Waals surface area (Å²) in [4.78, 5) is 0. The molecule has 0 aromatic carbocycles. The molecule has 86 valence electrons. The van der Waals surface area contributed by atoms with Crippen molar-refractivity contribution >= 4 is 11.3 Å². The standard InChI is InChI=1S/C12H17N3S/c1-10-12(8-14-15-10)3-2-5-13-7-11-4-6-16-9-11/h4,6,8-9,13H,2-3,5,7H2,1H3,(H,14,15). The molecule has 0 radical (unpaired) electrons. The van der Waals surface area contributed by atoms with Gasteiger partial charge in [0.15, 0.2) is 0 Å². The molecular formula is C12H17N3S. The normalized spacial score (nSPS) is 10.8. The Balaban J connectivity index is 1.61. The van der Waals surface area contributed by atoms with Gasteiger partial charge in [0.25, 0.3) is 0 Å². The predicted molar refractivity (Wildman–Crippen MR) is 67.7 cm³/mol. The molecule has 0 saturated carbocycles. The molecule has 4 heteroatoms. The second kappa shape index (κ2) is 5.82. The van der Waals surface area contributed by atoms with Crippen LogP contribution in [0.2, 0.25) is 0 Å². The summed E-state index contributed by atoms with van der Waals surface area (Å²) in [6.07, 6.45) is 4.18. The van der Waals surface area contributed by atoms with Crippen LogP contribution in [0.25, 0.3) is 0 Å². The van der Waals surface area contributed by atoms with E-state index in [9.17, 15) is 0 Å². The number of thiophene rings is 1. The van der Waals surface area contributed by atoms with Gasteiger partial charge in [-0.2, -0.15) is 16.4 Å². The summed E-state index contributed by atoms with van der Waals surface area (Å²) < 4.78 is 0. The zero-order valence-electron chi connectivity index (χ0n) is 9.49. The summed E-state index contributed by atoms with van der Waals surface area (Å²) in [5, 5.41) is 14.7. The van der Waals surface area contributed by atoms with Crippen LogP contribution in [0.4, 0.5) is 0 Å². The van der Waals surface area contributed by atoms with Crippen molar-refractivity contribution in [2.45, 2.75) is 26.3 Å². The van der Waals surface area contributed by atoms with E-state index >= 15 is 0 Å². The number of nitrogens with one attached hydrogen (secondary N) is 2. The van der Waals surface area contributed by atoms with E-state index in [-0.39, 0.29) is 0 Å². The lowest BCUT2D eigenvalue weighted by Gasteiger charge is -2.02. The Labute approximate surface area is 99.9 Å². The first kappa shape index (κ1) is 11.4. The maximum atomic E-state index is 4.02. The SMILES string of the molecule is Cc1[nH]ncc1CCCNCc1ccsc1. The fourth-order valence-corrected chi connectivity index (χ4v) is 2.33. The molecule has 0 aliphatic heterocycles. The van der Waals surface area contributed by atoms with E-state index in [1.54, 1.807) is 11.3 Å². The van der Waals surface area contributed by atoms with Crippen LogP contribution < -0.4 is 5.32 Å². The molecule has 0 saturated heterocycles. The van der Waals surface area contributed by atoms with Crippen LogP contribution in [0.15, 0.2) is 23.0 Å². The van der Waals surface area contributed by atoms with E-state index in [1.165, 1.54) is 16.8 Å². The molecule has 0 unspecified atom stereocenters. The number of aromatic nitrogens is 2. The molecule has 0 aliphatic carbocycles. The highest BCUT2D eigenvalue weighted by atomic mass is 32.1. The minimum atomic E-state index is 0.980. The maximum absolute atomic E-state index is 4.02. The highest BCUT2D eigenvalue weighted by Crippen LogP contribution is 2.06. The van der Waals surface area contributed by atoms with Crippen molar-refractivity contribution < 1.29 is 0 Å². The molecule has 0 spiro atoms. The minimum absolute atomic E-state index is 0.980. The topological polar surface area (TPSA) is 40.7 Å². The Kier molecular flexibility index (Phi) is 4.13. The molecule has 0 fully saturated rings. The summed E-state index contributed by atoms with van der Waals surface area (Å²) >= 11 is 1.75. The molecule has 3 nitrogen and oxygen atoms in total. The molecule has 0 amide bonds. The number of aryl methyl sites for hydroxylation is 2. The van der Waals surface area contributed by atoms with E-state index in [2.05, 4.69) is 39.3 Å². The number of hydrogen-bond donors (Lipinski definition) is 2. The molecule has 0 atom stereocenters. The third kappa shape index (κ3) is 3.18. The number of nitrogens with zero attached hydrogens (tertiary/aromatic N) is 1. The van der Waals surface area contributed by atoms with Crippen LogP contribution in [0.5, 0.6) is 0 Å². The van der Waals surface area contributed by atoms with Gasteiger partial charge >= 0.3 is 0 Å². The van der Waals surface area contributed by atoms with Crippen LogP contribution in [0.1, 0.15) is 23.2 Å². The van der Waals surface area contributed by atoms with E-state index in [1.807, 2.05) is 6.20 Å². The number of hydrogen-bond acceptors (Lipinski definition) is 3. The van der Waals surface area contributed by atoms with E-state index in [0.29, 0.717) is 0 Å². The van der Waals surface area contributed by atoms with E-state index in [0.717, 1.165) is 25.9 Å². The molecule has 2 aromatic rings. The average molecular weight is 235 g/mol. The lowest BCUT2D eigenvalue weighted by Crippen LogP contribution is -2.14. The Morgan fingerprint density at radius 1 is 1.50 bits per heavy atom. The zero-order chi connectivity index (χ0) is 11.2. The fraction of sp³-hybridized carbons (Fsp3) is 0.417. The van der Waals surface area contributed by atoms with Crippen molar-refractivity contribution in [3.8, 4) is 0 Å². The van der Waals surface area contributed by atoms with Crippen molar-refractivity contribution in [2.75, 3.05) is 6.54 Å². The van der Waals surface area contributed by atoms with Gasteiger partial charge in [-0.15, -0.1) is 0 Å². The first-order valence-corrected chi connectivity index (χ1v) is 6.51. The quantitative estimate of drug-likeness (QED) is 0.755. The highest BCUT2D eigenvalue weighted by molar-refractivity contribution is 7.07. The van der Waals surface area contributed by atoms with Crippen molar-refractivity contribution in [1.82, 2.24) is 15.5 Å². The van der Waals surface area contributed by atoms with Gasteiger partial charge in [0.2, 0.25) is 0 Å². The lowest BCUT2D eigenvalue weighted by atomic mass is 10.1. The summed E-state index contributed by atoms with van der Waals surface area (Å²) in [5.41, 5.74) is 3.90. The third-order valence-electron chi connectivity index (χ3n) is 2.64. The summed E-state index contributed by atoms with van der Waals surface area (Å²) in [7, 11) is 0. The van der Waals surface area contributed by atoms with Crippen molar-refractivity contribution in [3.63, 3.8) is 0 Å². The van der Waals surface area contributed by atoms with Gasteiger partial charge in [0, 0.05) is 12.2 Å². The first-order valence-electron chi connectivity index (χ1n) is 5.57. The van der Waals surface area contributed by atoms with Gasteiger partial charge in [-0.3, -0.25) is 5.10 Å². The number of rotatable bonds is 6. The van der Waals surface area contributed by atoms with Gasteiger partial charge in [0.1, 0.15) is 0 Å². The maximum Gasteiger partial charge on any atom is 0.0522 e. The molecule has 0 aliphatic rings. The van der Waals surface area contributed by atoms with Crippen LogP contribution in [-0.2, 0) is 13.0 Å². The van der Waals surface area contributed by atoms with Crippen molar-refractivity contribution in [2.24, 2.45) is 0 Å². The number of H-pyrrole nitrogens is 1. The Morgan fingerprint density at radius 3 is 3.12 bits per heavy atom. The molecule has 2 heterocycles. The fourth-order valence-electron chi connectivity index (χ4n) is 1.66. The lowest BCUT2D eigenvalue weighted by molar-refractivity contribution is 0.649. The summed E-state index contributed by atoms with van der Waals surface area (Å²) in [6, 6.07) is 2.16. The summed E-state index contributed by atoms with van der Waals surface area (Å²) in [6.45, 7) is 4.11. The second-order valence-corrected chi connectivity index (χ2v) is 4.71. The Hall–Kier alpha value is -1.13. The Bertz CT molecular complexity index is 406. The number of aromatic amines is 1. The van der Waals surface area contributed by atoms with Crippen LogP contribution in [-0.4, -0.2) is 16.7 Å². The van der Waals surface area contributed by atoms with E-state index in [4.69, 9.17) is 0 Å². The predicted octanol–water partition coefficient (Wildman–Crippen LogP) is 2.50. The van der Waals surface area contributed by atoms with E-state index < -0.39 is 0 Å². The smallest absolute Gasteiger partial charge is 0.0522 e. The molecule has 16 heavy (non-hydrogen) atoms. The van der Waals surface area contributed by atoms with Crippen LogP contribution >= 0.6 is 11.3 Å². The molecule has 2 aromatic heterocycles. The first-order chi connectivity index (χ1) is 7.86. The Morgan fingerprint density at radius 2 is 2.44 bits per heavy atom. The largest absolute Gasteiger partial charge is 0.313 e.